The average Bonchev–Trinajstić information content (AvgIpc) is 2.75. The third-order valence-electron chi connectivity index (χ3n) is 3.73. The van der Waals surface area contributed by atoms with Gasteiger partial charge in [-0.3, -0.25) is 14.2 Å². The molecule has 0 spiro atoms. The second kappa shape index (κ2) is 7.23. The van der Waals surface area contributed by atoms with Crippen molar-refractivity contribution in [2.75, 3.05) is 6.26 Å². The van der Waals surface area contributed by atoms with Crippen LogP contribution in [0.25, 0.3) is 11.0 Å². The highest BCUT2D eigenvalue weighted by Gasteiger charge is 2.20. The predicted molar refractivity (Wildman–Crippen MR) is 103 cm³/mol. The van der Waals surface area contributed by atoms with Gasteiger partial charge in [-0.1, -0.05) is 25.6 Å². The molecule has 0 aliphatic carbocycles. The summed E-state index contributed by atoms with van der Waals surface area (Å²) in [5.74, 6) is 0.216. The number of rotatable bonds is 5. The van der Waals surface area contributed by atoms with E-state index >= 15 is 0 Å². The summed E-state index contributed by atoms with van der Waals surface area (Å²) in [6.45, 7) is 12.6. The molecule has 0 radical (unpaired) electrons. The normalized spacial score (nSPS) is 12.2. The summed E-state index contributed by atoms with van der Waals surface area (Å²) in [6, 6.07) is 1.88. The van der Waals surface area contributed by atoms with Gasteiger partial charge in [0.25, 0.3) is 5.56 Å². The molecule has 0 fully saturated rings. The van der Waals surface area contributed by atoms with Crippen molar-refractivity contribution in [2.45, 2.75) is 65.3 Å². The Kier molecular flexibility index (Phi) is 5.66. The molecule has 0 saturated heterocycles. The summed E-state index contributed by atoms with van der Waals surface area (Å²) >= 11 is 1.47. The van der Waals surface area contributed by atoms with Gasteiger partial charge < -0.3 is 9.88 Å². The number of hydrogen-bond acceptors (Lipinski definition) is 4. The van der Waals surface area contributed by atoms with Crippen LogP contribution in [0, 0.1) is 12.8 Å². The van der Waals surface area contributed by atoms with Gasteiger partial charge in [-0.15, -0.1) is 0 Å². The molecule has 138 valence electrons. The molecule has 2 heterocycles. The molecule has 0 unspecified atom stereocenters. The minimum atomic E-state index is -0.309. The molecular weight excluding hydrogens is 336 g/mol. The lowest BCUT2D eigenvalue weighted by Crippen LogP contribution is -2.42. The van der Waals surface area contributed by atoms with Gasteiger partial charge in [0.15, 0.2) is 5.16 Å². The van der Waals surface area contributed by atoms with Gasteiger partial charge in [-0.25, -0.2) is 4.98 Å². The first-order chi connectivity index (χ1) is 11.5. The highest BCUT2D eigenvalue weighted by Crippen LogP contribution is 2.20. The first-order valence-electron chi connectivity index (χ1n) is 8.49. The SMILES string of the molecule is CSc1nc2cc(C)n(CC(=O)NC(C)(C)C)c2c(=O)n1CC(C)C. The second-order valence-electron chi connectivity index (χ2n) is 7.81. The summed E-state index contributed by atoms with van der Waals surface area (Å²) in [4.78, 5) is 30.1. The average molecular weight is 365 g/mol. The van der Waals surface area contributed by atoms with Crippen molar-refractivity contribution in [3.8, 4) is 0 Å². The Bertz CT molecular complexity index is 843. The van der Waals surface area contributed by atoms with Crippen molar-refractivity contribution in [3.63, 3.8) is 0 Å². The Morgan fingerprint density at radius 3 is 2.48 bits per heavy atom. The van der Waals surface area contributed by atoms with E-state index in [0.717, 1.165) is 5.69 Å². The lowest BCUT2D eigenvalue weighted by Gasteiger charge is -2.21. The molecule has 2 aromatic rings. The van der Waals surface area contributed by atoms with Crippen LogP contribution >= 0.6 is 11.8 Å². The summed E-state index contributed by atoms with van der Waals surface area (Å²) in [6.07, 6.45) is 1.92. The number of nitrogens with zero attached hydrogens (tertiary/aromatic N) is 3. The van der Waals surface area contributed by atoms with E-state index in [-0.39, 0.29) is 23.6 Å². The molecule has 0 bridgehead atoms. The molecule has 0 saturated carbocycles. The third-order valence-corrected chi connectivity index (χ3v) is 4.40. The minimum Gasteiger partial charge on any atom is -0.350 e. The number of fused-ring (bicyclic) bond motifs is 1. The maximum Gasteiger partial charge on any atom is 0.278 e. The smallest absolute Gasteiger partial charge is 0.278 e. The van der Waals surface area contributed by atoms with Crippen molar-refractivity contribution in [3.05, 3.63) is 22.1 Å². The monoisotopic (exact) mass is 364 g/mol. The lowest BCUT2D eigenvalue weighted by atomic mass is 10.1. The molecular formula is C18H28N4O2S. The van der Waals surface area contributed by atoms with Gasteiger partial charge in [0.2, 0.25) is 5.91 Å². The number of hydrogen-bond donors (Lipinski definition) is 1. The van der Waals surface area contributed by atoms with Crippen LogP contribution in [0.2, 0.25) is 0 Å². The quantitative estimate of drug-likeness (QED) is 0.654. The van der Waals surface area contributed by atoms with Crippen molar-refractivity contribution >= 4 is 28.7 Å². The Hall–Kier alpha value is -1.76. The fourth-order valence-electron chi connectivity index (χ4n) is 2.83. The summed E-state index contributed by atoms with van der Waals surface area (Å²) in [5.41, 5.74) is 1.61. The van der Waals surface area contributed by atoms with Crippen LogP contribution in [-0.2, 0) is 17.9 Å². The number of aromatic nitrogens is 3. The molecule has 0 atom stereocenters. The molecule has 0 aliphatic rings. The van der Waals surface area contributed by atoms with Crippen molar-refractivity contribution in [1.29, 1.82) is 0 Å². The molecule has 2 aromatic heterocycles. The summed E-state index contributed by atoms with van der Waals surface area (Å²) in [5, 5.41) is 3.66. The number of thioether (sulfide) groups is 1. The molecule has 25 heavy (non-hydrogen) atoms. The molecule has 0 aliphatic heterocycles. The number of carbonyl (C=O) groups excluding carboxylic acids is 1. The molecule has 0 aromatic carbocycles. The van der Waals surface area contributed by atoms with Gasteiger partial charge in [0.05, 0.1) is 5.52 Å². The van der Waals surface area contributed by atoms with Gasteiger partial charge >= 0.3 is 0 Å². The van der Waals surface area contributed by atoms with Crippen LogP contribution < -0.4 is 10.9 Å². The highest BCUT2D eigenvalue weighted by atomic mass is 32.2. The summed E-state index contributed by atoms with van der Waals surface area (Å²) in [7, 11) is 0. The Labute approximate surface area is 153 Å². The van der Waals surface area contributed by atoms with Gasteiger partial charge in [-0.2, -0.15) is 0 Å². The number of nitrogens with one attached hydrogen (secondary N) is 1. The Morgan fingerprint density at radius 2 is 1.96 bits per heavy atom. The lowest BCUT2D eigenvalue weighted by molar-refractivity contribution is -0.123. The molecule has 7 heteroatoms. The maximum absolute atomic E-state index is 13.1. The molecule has 6 nitrogen and oxygen atoms in total. The van der Waals surface area contributed by atoms with E-state index in [1.165, 1.54) is 11.8 Å². The molecule has 2 rings (SSSR count). The highest BCUT2D eigenvalue weighted by molar-refractivity contribution is 7.98. The van der Waals surface area contributed by atoms with Crippen LogP contribution in [0.1, 0.15) is 40.3 Å². The minimum absolute atomic E-state index is 0.0836. The van der Waals surface area contributed by atoms with Crippen LogP contribution in [0.15, 0.2) is 16.0 Å². The molecule has 1 N–H and O–H groups in total. The van der Waals surface area contributed by atoms with E-state index in [1.807, 2.05) is 40.0 Å². The Morgan fingerprint density at radius 1 is 1.32 bits per heavy atom. The predicted octanol–water partition coefficient (Wildman–Crippen LogP) is 2.80. The van der Waals surface area contributed by atoms with Crippen LogP contribution in [-0.4, -0.2) is 31.8 Å². The Balaban J connectivity index is 2.56. The van der Waals surface area contributed by atoms with E-state index in [1.54, 1.807) is 9.13 Å². The number of amides is 1. The van der Waals surface area contributed by atoms with E-state index in [0.29, 0.717) is 28.7 Å². The van der Waals surface area contributed by atoms with Crippen molar-refractivity contribution in [1.82, 2.24) is 19.4 Å². The zero-order valence-corrected chi connectivity index (χ0v) is 17.0. The fourth-order valence-corrected chi connectivity index (χ4v) is 3.40. The first-order valence-corrected chi connectivity index (χ1v) is 9.71. The van der Waals surface area contributed by atoms with E-state index in [2.05, 4.69) is 24.1 Å². The number of carbonyl (C=O) groups is 1. The topological polar surface area (TPSA) is 68.9 Å². The van der Waals surface area contributed by atoms with E-state index in [9.17, 15) is 9.59 Å². The third kappa shape index (κ3) is 4.45. The van der Waals surface area contributed by atoms with Gasteiger partial charge in [-0.05, 0) is 45.9 Å². The van der Waals surface area contributed by atoms with Gasteiger partial charge in [0, 0.05) is 17.8 Å². The van der Waals surface area contributed by atoms with Crippen molar-refractivity contribution < 1.29 is 4.79 Å². The van der Waals surface area contributed by atoms with E-state index in [4.69, 9.17) is 0 Å². The van der Waals surface area contributed by atoms with Gasteiger partial charge in [0.1, 0.15) is 12.1 Å². The van der Waals surface area contributed by atoms with Crippen molar-refractivity contribution in [2.24, 2.45) is 5.92 Å². The van der Waals surface area contributed by atoms with E-state index < -0.39 is 0 Å². The standard InChI is InChI=1S/C18H28N4O2S/c1-11(2)9-22-16(24)15-13(19-17(22)25-7)8-12(3)21(15)10-14(23)20-18(4,5)6/h8,11H,9-10H2,1-7H3,(H,20,23). The van der Waals surface area contributed by atoms with Crippen LogP contribution in [0.3, 0.4) is 0 Å². The zero-order valence-electron chi connectivity index (χ0n) is 16.1. The van der Waals surface area contributed by atoms with Crippen LogP contribution in [0.4, 0.5) is 0 Å². The fraction of sp³-hybridized carbons (Fsp3) is 0.611. The first kappa shape index (κ1) is 19.6. The zero-order chi connectivity index (χ0) is 18.9. The largest absolute Gasteiger partial charge is 0.350 e. The molecule has 1 amide bonds. The summed E-state index contributed by atoms with van der Waals surface area (Å²) < 4.78 is 3.49. The second-order valence-corrected chi connectivity index (χ2v) is 8.59. The maximum atomic E-state index is 13.1. The van der Waals surface area contributed by atoms with Crippen LogP contribution in [0.5, 0.6) is 0 Å². The number of aryl methyl sites for hydroxylation is 1.